The van der Waals surface area contributed by atoms with Gasteiger partial charge in [-0.2, -0.15) is 0 Å². The van der Waals surface area contributed by atoms with Crippen molar-refractivity contribution in [1.82, 2.24) is 31.9 Å². The highest BCUT2D eigenvalue weighted by atomic mass is 16.4. The number of hydrogen-bond donors (Lipinski definition) is 11. The van der Waals surface area contributed by atoms with E-state index < -0.39 is 110 Å². The maximum absolute atomic E-state index is 12.8. The molecule has 0 aromatic heterocycles. The number of aliphatic carboxylic acids is 4. The van der Waals surface area contributed by atoms with Gasteiger partial charge in [0.1, 0.15) is 30.4 Å². The van der Waals surface area contributed by atoms with Gasteiger partial charge in [0, 0.05) is 35.5 Å². The van der Waals surface area contributed by atoms with Crippen molar-refractivity contribution in [2.75, 3.05) is 18.4 Å². The van der Waals surface area contributed by atoms with Crippen LogP contribution in [0.4, 0.5) is 5.69 Å². The third kappa shape index (κ3) is 19.2. The summed E-state index contributed by atoms with van der Waals surface area (Å²) in [5.41, 5.74) is 1.80. The van der Waals surface area contributed by atoms with Gasteiger partial charge >= 0.3 is 23.9 Å². The van der Waals surface area contributed by atoms with Crippen LogP contribution in [0.1, 0.15) is 63.7 Å². The highest BCUT2D eigenvalue weighted by molar-refractivity contribution is 6.40. The van der Waals surface area contributed by atoms with Crippen LogP contribution in [0, 0.1) is 5.92 Å². The second kappa shape index (κ2) is 23.6. The Labute approximate surface area is 325 Å². The van der Waals surface area contributed by atoms with E-state index in [1.165, 1.54) is 30.5 Å². The van der Waals surface area contributed by atoms with Crippen LogP contribution in [0.3, 0.4) is 0 Å². The standard InChI is InChI=1S/C35H46N8O14/c1-17(2)30(34(55)39-18(3)4)40-19(5)14-36-21-8-6-20(7-9-21)31(52)43-22(35(56)57)10-11-25(44)41-23(12-27(46)47)32(53)37-15-26(45)42-24(13-28(48)49)33(54)38-16-29(50)51/h6-9,14,17,22-24,36H,3,10-13,15-16H2,1-2,4-5H3,(H,37,53)(H,38,54)(H,39,55)(H,41,44)(H,42,45)(H,43,52)(H,46,47)(H,48,49)(H,50,51)(H,56,57)/b19-14+,40-30?. The van der Waals surface area contributed by atoms with Crippen molar-refractivity contribution in [2.24, 2.45) is 10.9 Å². The maximum Gasteiger partial charge on any atom is 0.326 e. The van der Waals surface area contributed by atoms with Gasteiger partial charge in [-0.05, 0) is 44.5 Å². The molecule has 0 saturated heterocycles. The van der Waals surface area contributed by atoms with Gasteiger partial charge in [0.2, 0.25) is 23.6 Å². The number of anilines is 1. The van der Waals surface area contributed by atoms with E-state index in [0.29, 0.717) is 17.1 Å². The zero-order valence-corrected chi connectivity index (χ0v) is 31.5. The number of allylic oxidation sites excluding steroid dienone is 2. The first-order valence-corrected chi connectivity index (χ1v) is 17.0. The van der Waals surface area contributed by atoms with E-state index in [-0.39, 0.29) is 23.1 Å². The lowest BCUT2D eigenvalue weighted by Crippen LogP contribution is -2.53. The number of carboxylic acid groups (broad SMARTS) is 4. The van der Waals surface area contributed by atoms with Crippen molar-refractivity contribution in [3.05, 3.63) is 54.0 Å². The zero-order valence-electron chi connectivity index (χ0n) is 31.5. The molecule has 0 saturated carbocycles. The Morgan fingerprint density at radius 3 is 1.72 bits per heavy atom. The summed E-state index contributed by atoms with van der Waals surface area (Å²) in [7, 11) is 0. The molecular weight excluding hydrogens is 756 g/mol. The molecule has 0 spiro atoms. The number of carboxylic acids is 4. The number of nitrogens with one attached hydrogen (secondary N) is 7. The summed E-state index contributed by atoms with van der Waals surface area (Å²) in [6.45, 7) is 8.79. The summed E-state index contributed by atoms with van der Waals surface area (Å²) in [4.78, 5) is 124. The topological polar surface area (TPSA) is 348 Å². The molecule has 22 heteroatoms. The Balaban J connectivity index is 2.84. The molecule has 0 heterocycles. The molecule has 11 N–H and O–H groups in total. The van der Waals surface area contributed by atoms with Crippen LogP contribution in [-0.4, -0.2) is 117 Å². The van der Waals surface area contributed by atoms with Crippen LogP contribution in [0.15, 0.2) is 53.4 Å². The Morgan fingerprint density at radius 2 is 1.25 bits per heavy atom. The number of aliphatic imine (C=N–C) groups is 1. The Kier molecular flexibility index (Phi) is 19.8. The molecule has 310 valence electrons. The summed E-state index contributed by atoms with van der Waals surface area (Å²) in [5, 5.41) is 52.5. The minimum Gasteiger partial charge on any atom is -0.481 e. The molecule has 3 atom stereocenters. The molecule has 0 aliphatic carbocycles. The molecule has 1 aromatic carbocycles. The summed E-state index contributed by atoms with van der Waals surface area (Å²) >= 11 is 0. The van der Waals surface area contributed by atoms with Crippen molar-refractivity contribution in [3.63, 3.8) is 0 Å². The fourth-order valence-electron chi connectivity index (χ4n) is 4.46. The molecule has 0 radical (unpaired) electrons. The highest BCUT2D eigenvalue weighted by Gasteiger charge is 2.28. The van der Waals surface area contributed by atoms with Crippen molar-refractivity contribution in [3.8, 4) is 0 Å². The lowest BCUT2D eigenvalue weighted by atomic mass is 10.1. The third-order valence-corrected chi connectivity index (χ3v) is 7.16. The predicted octanol–water partition coefficient (Wildman–Crippen LogP) is -1.09. The van der Waals surface area contributed by atoms with E-state index in [4.69, 9.17) is 10.2 Å². The number of benzene rings is 1. The molecule has 1 aromatic rings. The van der Waals surface area contributed by atoms with Crippen LogP contribution in [-0.2, 0) is 43.2 Å². The van der Waals surface area contributed by atoms with Crippen LogP contribution in [0.5, 0.6) is 0 Å². The van der Waals surface area contributed by atoms with Crippen LogP contribution < -0.4 is 37.2 Å². The number of carbonyl (C=O) groups excluding carboxylic acids is 6. The van der Waals surface area contributed by atoms with E-state index >= 15 is 0 Å². The number of nitrogens with zero attached hydrogens (tertiary/aromatic N) is 1. The van der Waals surface area contributed by atoms with Gasteiger partial charge in [0.05, 0.1) is 25.1 Å². The lowest BCUT2D eigenvalue weighted by Gasteiger charge is -2.19. The number of hydrogen-bond acceptors (Lipinski definition) is 12. The number of amides is 6. The average Bonchev–Trinajstić information content (AvgIpc) is 3.11. The fourth-order valence-corrected chi connectivity index (χ4v) is 4.46. The molecule has 6 amide bonds. The minimum atomic E-state index is -1.77. The number of carbonyl (C=O) groups is 10. The Morgan fingerprint density at radius 1 is 0.719 bits per heavy atom. The molecule has 0 aliphatic heterocycles. The van der Waals surface area contributed by atoms with E-state index in [1.54, 1.807) is 13.8 Å². The van der Waals surface area contributed by atoms with Gasteiger partial charge in [0.25, 0.3) is 11.8 Å². The minimum absolute atomic E-state index is 0.0611. The Bertz CT molecular complexity index is 1790. The molecule has 0 aliphatic rings. The SMILES string of the molecule is C=C(C)NC(=O)C(=N/C(C)=C/Nc1ccc(C(=O)NC(CCC(=O)NC(CC(=O)O)C(=O)NCC(=O)NC(CC(=O)O)C(=O)NCC(=O)O)C(=O)O)cc1)C(C)C. The monoisotopic (exact) mass is 802 g/mol. The normalized spacial score (nSPS) is 12.8. The van der Waals surface area contributed by atoms with Gasteiger partial charge in [0.15, 0.2) is 0 Å². The quantitative estimate of drug-likeness (QED) is 0.0553. The molecule has 1 rings (SSSR count). The van der Waals surface area contributed by atoms with Gasteiger partial charge in [-0.15, -0.1) is 0 Å². The van der Waals surface area contributed by atoms with Crippen LogP contribution >= 0.6 is 0 Å². The molecule has 0 fully saturated rings. The van der Waals surface area contributed by atoms with Crippen molar-refractivity contribution >= 4 is 70.7 Å². The summed E-state index contributed by atoms with van der Waals surface area (Å²) in [6, 6.07) is 0.734. The van der Waals surface area contributed by atoms with Gasteiger partial charge in [-0.25, -0.2) is 4.79 Å². The van der Waals surface area contributed by atoms with Gasteiger partial charge < -0.3 is 57.6 Å². The first-order chi connectivity index (χ1) is 26.6. The largest absolute Gasteiger partial charge is 0.481 e. The Hall–Kier alpha value is -7.13. The first-order valence-electron chi connectivity index (χ1n) is 17.0. The molecular formula is C35H46N8O14. The van der Waals surface area contributed by atoms with E-state index in [0.717, 1.165) is 0 Å². The third-order valence-electron chi connectivity index (χ3n) is 7.16. The van der Waals surface area contributed by atoms with Gasteiger partial charge in [-0.3, -0.25) is 48.1 Å². The fraction of sp³-hybridized carbons (Fsp3) is 0.400. The smallest absolute Gasteiger partial charge is 0.326 e. The maximum atomic E-state index is 12.8. The first kappa shape index (κ1) is 47.9. The van der Waals surface area contributed by atoms with Gasteiger partial charge in [-0.1, -0.05) is 20.4 Å². The van der Waals surface area contributed by atoms with Crippen LogP contribution in [0.25, 0.3) is 0 Å². The second-order valence-corrected chi connectivity index (χ2v) is 12.6. The summed E-state index contributed by atoms with van der Waals surface area (Å²) < 4.78 is 0. The molecule has 22 nitrogen and oxygen atoms in total. The predicted molar refractivity (Wildman–Crippen MR) is 199 cm³/mol. The average molecular weight is 803 g/mol. The zero-order chi connectivity index (χ0) is 43.4. The van der Waals surface area contributed by atoms with Crippen molar-refractivity contribution in [1.29, 1.82) is 0 Å². The van der Waals surface area contributed by atoms with Crippen molar-refractivity contribution < 1.29 is 68.4 Å². The second-order valence-electron chi connectivity index (χ2n) is 12.6. The number of rotatable bonds is 24. The molecule has 57 heavy (non-hydrogen) atoms. The van der Waals surface area contributed by atoms with Crippen molar-refractivity contribution in [2.45, 2.75) is 71.5 Å². The molecule has 3 unspecified atom stereocenters. The lowest BCUT2D eigenvalue weighted by molar-refractivity contribution is -0.141. The summed E-state index contributed by atoms with van der Waals surface area (Å²) in [5.74, 6) is -11.8. The molecule has 0 bridgehead atoms. The van der Waals surface area contributed by atoms with Crippen LogP contribution in [0.2, 0.25) is 0 Å². The summed E-state index contributed by atoms with van der Waals surface area (Å²) in [6.07, 6.45) is -1.48. The van der Waals surface area contributed by atoms with E-state index in [1.807, 2.05) is 29.8 Å². The van der Waals surface area contributed by atoms with E-state index in [2.05, 4.69) is 32.8 Å². The highest BCUT2D eigenvalue weighted by Crippen LogP contribution is 2.12. The van der Waals surface area contributed by atoms with E-state index in [9.17, 15) is 58.2 Å².